The first-order valence-corrected chi connectivity index (χ1v) is 9.66. The van der Waals surface area contributed by atoms with Gasteiger partial charge < -0.3 is 10.7 Å². The Hall–Kier alpha value is -3.06. The topological polar surface area (TPSA) is 97.0 Å². The first kappa shape index (κ1) is 20.7. The van der Waals surface area contributed by atoms with Crippen molar-refractivity contribution in [1.29, 1.82) is 0 Å². The van der Waals surface area contributed by atoms with Crippen LogP contribution >= 0.6 is 11.6 Å². The summed E-state index contributed by atoms with van der Waals surface area (Å²) < 4.78 is 14.1. The van der Waals surface area contributed by atoms with E-state index in [0.29, 0.717) is 30.1 Å². The van der Waals surface area contributed by atoms with Gasteiger partial charge in [-0.1, -0.05) is 31.5 Å². The third-order valence-corrected chi connectivity index (χ3v) is 4.99. The summed E-state index contributed by atoms with van der Waals surface area (Å²) in [5.74, 6) is -0.432. The van der Waals surface area contributed by atoms with Gasteiger partial charge in [0.25, 0.3) is 5.91 Å². The van der Waals surface area contributed by atoms with E-state index in [2.05, 4.69) is 19.9 Å². The van der Waals surface area contributed by atoms with Crippen molar-refractivity contribution < 1.29 is 9.18 Å². The molecule has 0 saturated heterocycles. The fourth-order valence-electron chi connectivity index (χ4n) is 2.93. The van der Waals surface area contributed by atoms with Crippen LogP contribution < -0.4 is 5.73 Å². The molecular weight excluding hydrogens is 393 g/mol. The van der Waals surface area contributed by atoms with Gasteiger partial charge in [0.1, 0.15) is 17.3 Å². The van der Waals surface area contributed by atoms with E-state index in [4.69, 9.17) is 17.3 Å². The van der Waals surface area contributed by atoms with Gasteiger partial charge in [0, 0.05) is 17.7 Å². The number of H-pyrrole nitrogens is 1. The van der Waals surface area contributed by atoms with Gasteiger partial charge in [-0.3, -0.25) is 9.78 Å². The fourth-order valence-corrected chi connectivity index (χ4v) is 3.18. The van der Waals surface area contributed by atoms with Crippen molar-refractivity contribution in [2.45, 2.75) is 26.7 Å². The number of aromatic amines is 1. The minimum Gasteiger partial charge on any atom is -0.382 e. The molecule has 3 aromatic rings. The highest BCUT2D eigenvalue weighted by Gasteiger charge is 2.16. The standard InChI is InChI=1S/C21H21ClFN5O/c1-3-12(4-2)21(29)28-19(24)16-9-8-13(10-25-16)17-11-26-20(27-17)18-14(22)6-5-7-15(18)23/h5-12H,3-4H2,1-2H3,(H,26,27)(H2,24,28,29). The molecule has 0 atom stereocenters. The number of hydrogen-bond acceptors (Lipinski definition) is 3. The van der Waals surface area contributed by atoms with Gasteiger partial charge in [-0.25, -0.2) is 9.37 Å². The van der Waals surface area contributed by atoms with Gasteiger partial charge in [-0.2, -0.15) is 4.99 Å². The van der Waals surface area contributed by atoms with Crippen LogP contribution in [0.2, 0.25) is 5.02 Å². The lowest BCUT2D eigenvalue weighted by atomic mass is 10.0. The molecule has 8 heteroatoms. The number of hydrogen-bond donors (Lipinski definition) is 2. The molecular formula is C21H21ClFN5O. The van der Waals surface area contributed by atoms with Crippen LogP contribution in [0.5, 0.6) is 0 Å². The number of carbonyl (C=O) groups is 1. The molecule has 0 saturated carbocycles. The maximum atomic E-state index is 14.1. The van der Waals surface area contributed by atoms with Gasteiger partial charge >= 0.3 is 0 Å². The van der Waals surface area contributed by atoms with Crippen LogP contribution in [-0.2, 0) is 4.79 Å². The van der Waals surface area contributed by atoms with E-state index >= 15 is 0 Å². The van der Waals surface area contributed by atoms with Crippen molar-refractivity contribution in [3.63, 3.8) is 0 Å². The number of amidine groups is 1. The van der Waals surface area contributed by atoms with E-state index in [1.54, 1.807) is 30.6 Å². The molecule has 0 aliphatic rings. The van der Waals surface area contributed by atoms with Crippen molar-refractivity contribution >= 4 is 23.3 Å². The lowest BCUT2D eigenvalue weighted by Gasteiger charge is -2.07. The van der Waals surface area contributed by atoms with Gasteiger partial charge in [-0.05, 0) is 37.1 Å². The zero-order valence-electron chi connectivity index (χ0n) is 16.1. The van der Waals surface area contributed by atoms with Crippen molar-refractivity contribution in [3.8, 4) is 22.6 Å². The van der Waals surface area contributed by atoms with Crippen molar-refractivity contribution in [2.24, 2.45) is 16.6 Å². The normalized spacial score (nSPS) is 11.8. The van der Waals surface area contributed by atoms with Crippen molar-refractivity contribution in [3.05, 3.63) is 59.3 Å². The van der Waals surface area contributed by atoms with Crippen molar-refractivity contribution in [1.82, 2.24) is 15.0 Å². The Bertz CT molecular complexity index is 1020. The third kappa shape index (κ3) is 4.51. The summed E-state index contributed by atoms with van der Waals surface area (Å²) in [6.07, 6.45) is 4.59. The molecule has 3 N–H and O–H groups in total. The molecule has 2 heterocycles. The quantitative estimate of drug-likeness (QED) is 0.455. The van der Waals surface area contributed by atoms with E-state index in [9.17, 15) is 9.18 Å². The highest BCUT2D eigenvalue weighted by Crippen LogP contribution is 2.30. The number of aliphatic imine (C=N–C) groups is 1. The number of amides is 1. The molecule has 1 amide bonds. The number of imidazole rings is 1. The SMILES string of the molecule is CCC(CC)C(=O)N=C(N)c1ccc(-c2cnc(-c3c(F)cccc3Cl)[nH]2)cn1. The van der Waals surface area contributed by atoms with Crippen LogP contribution in [0.25, 0.3) is 22.6 Å². The first-order valence-electron chi connectivity index (χ1n) is 9.28. The van der Waals surface area contributed by atoms with E-state index in [1.165, 1.54) is 12.1 Å². The van der Waals surface area contributed by atoms with Crippen LogP contribution in [0.4, 0.5) is 4.39 Å². The summed E-state index contributed by atoms with van der Waals surface area (Å²) in [6, 6.07) is 7.90. The monoisotopic (exact) mass is 413 g/mol. The number of nitrogens with two attached hydrogens (primary N) is 1. The molecule has 0 aliphatic heterocycles. The van der Waals surface area contributed by atoms with E-state index in [1.807, 2.05) is 13.8 Å². The number of nitrogens with zero attached hydrogens (tertiary/aromatic N) is 3. The lowest BCUT2D eigenvalue weighted by Crippen LogP contribution is -2.20. The number of carbonyl (C=O) groups excluding carboxylic acids is 1. The van der Waals surface area contributed by atoms with Crippen LogP contribution in [-0.4, -0.2) is 26.7 Å². The highest BCUT2D eigenvalue weighted by molar-refractivity contribution is 6.33. The van der Waals surface area contributed by atoms with E-state index in [0.717, 1.165) is 5.56 Å². The number of halogens is 2. The molecule has 0 unspecified atom stereocenters. The second-order valence-corrected chi connectivity index (χ2v) is 6.93. The number of aromatic nitrogens is 3. The molecule has 6 nitrogen and oxygen atoms in total. The molecule has 29 heavy (non-hydrogen) atoms. The zero-order chi connectivity index (χ0) is 21.0. The highest BCUT2D eigenvalue weighted by atomic mass is 35.5. The Morgan fingerprint density at radius 1 is 1.21 bits per heavy atom. The summed E-state index contributed by atoms with van der Waals surface area (Å²) in [7, 11) is 0. The Morgan fingerprint density at radius 2 is 1.97 bits per heavy atom. The minimum absolute atomic E-state index is 0.0805. The number of benzene rings is 1. The van der Waals surface area contributed by atoms with Gasteiger partial charge in [0.2, 0.25) is 0 Å². The minimum atomic E-state index is -0.460. The Labute approximate surface area is 173 Å². The smallest absolute Gasteiger partial charge is 0.250 e. The molecule has 0 fully saturated rings. The predicted octanol–water partition coefficient (Wildman–Crippen LogP) is 4.60. The van der Waals surface area contributed by atoms with Crippen LogP contribution in [0, 0.1) is 11.7 Å². The largest absolute Gasteiger partial charge is 0.382 e. The zero-order valence-corrected chi connectivity index (χ0v) is 16.9. The summed E-state index contributed by atoms with van der Waals surface area (Å²) in [5, 5.41) is 0.269. The molecule has 1 aromatic carbocycles. The number of nitrogens with one attached hydrogen (secondary N) is 1. The molecule has 3 rings (SSSR count). The average molecular weight is 414 g/mol. The molecule has 0 aliphatic carbocycles. The average Bonchev–Trinajstić information content (AvgIpc) is 3.18. The van der Waals surface area contributed by atoms with Crippen molar-refractivity contribution in [2.75, 3.05) is 0 Å². The Balaban J connectivity index is 1.83. The second-order valence-electron chi connectivity index (χ2n) is 6.52. The second kappa shape index (κ2) is 8.96. The summed E-state index contributed by atoms with van der Waals surface area (Å²) in [4.78, 5) is 27.6. The van der Waals surface area contributed by atoms with Crippen LogP contribution in [0.15, 0.2) is 47.7 Å². The fraction of sp³-hybridized carbons (Fsp3) is 0.238. The summed E-state index contributed by atoms with van der Waals surface area (Å²) in [5.41, 5.74) is 7.91. The van der Waals surface area contributed by atoms with Gasteiger partial charge in [0.05, 0.1) is 22.5 Å². The lowest BCUT2D eigenvalue weighted by molar-refractivity contribution is -0.121. The molecule has 150 valence electrons. The molecule has 0 spiro atoms. The number of pyridine rings is 1. The maximum Gasteiger partial charge on any atom is 0.250 e. The molecule has 2 aromatic heterocycles. The first-order chi connectivity index (χ1) is 13.9. The number of rotatable bonds is 6. The predicted molar refractivity (Wildman–Crippen MR) is 112 cm³/mol. The summed E-state index contributed by atoms with van der Waals surface area (Å²) >= 11 is 6.09. The third-order valence-electron chi connectivity index (χ3n) is 4.68. The van der Waals surface area contributed by atoms with Gasteiger partial charge in [0.15, 0.2) is 5.84 Å². The van der Waals surface area contributed by atoms with Gasteiger partial charge in [-0.15, -0.1) is 0 Å². The van der Waals surface area contributed by atoms with E-state index < -0.39 is 5.82 Å². The molecule has 0 bridgehead atoms. The van der Waals surface area contributed by atoms with Crippen LogP contribution in [0.1, 0.15) is 32.4 Å². The molecule has 0 radical (unpaired) electrons. The maximum absolute atomic E-state index is 14.1. The Morgan fingerprint density at radius 3 is 2.59 bits per heavy atom. The van der Waals surface area contributed by atoms with Crippen LogP contribution in [0.3, 0.4) is 0 Å². The van der Waals surface area contributed by atoms with E-state index in [-0.39, 0.29) is 28.2 Å². The summed E-state index contributed by atoms with van der Waals surface area (Å²) in [6.45, 7) is 3.88. The Kier molecular flexibility index (Phi) is 6.39.